The third-order valence-corrected chi connectivity index (χ3v) is 5.94. The highest BCUT2D eigenvalue weighted by atomic mass is 35.5. The molecule has 0 saturated carbocycles. The van der Waals surface area contributed by atoms with Crippen LogP contribution in [0.25, 0.3) is 0 Å². The summed E-state index contributed by atoms with van der Waals surface area (Å²) in [6.45, 7) is 0.357. The fraction of sp³-hybridized carbons (Fsp3) is 0.316. The van der Waals surface area contributed by atoms with Gasteiger partial charge in [0.2, 0.25) is 0 Å². The van der Waals surface area contributed by atoms with Crippen LogP contribution in [-0.2, 0) is 10.3 Å². The highest BCUT2D eigenvalue weighted by Gasteiger charge is 2.68. The summed E-state index contributed by atoms with van der Waals surface area (Å²) in [5, 5.41) is 15.4. The maximum Gasteiger partial charge on any atom is 0.256 e. The van der Waals surface area contributed by atoms with Crippen molar-refractivity contribution in [2.24, 2.45) is 0 Å². The molecule has 4 rings (SSSR count). The van der Waals surface area contributed by atoms with Gasteiger partial charge in [0.1, 0.15) is 5.75 Å². The van der Waals surface area contributed by atoms with Crippen molar-refractivity contribution in [1.29, 1.82) is 0 Å². The summed E-state index contributed by atoms with van der Waals surface area (Å²) < 4.78 is 5.17. The predicted molar refractivity (Wildman–Crippen MR) is 101 cm³/mol. The number of hydrogen-bond acceptors (Lipinski definition) is 5. The summed E-state index contributed by atoms with van der Waals surface area (Å²) in [6.07, 6.45) is 0. The first kappa shape index (κ1) is 17.8. The van der Waals surface area contributed by atoms with Crippen LogP contribution in [0.3, 0.4) is 0 Å². The van der Waals surface area contributed by atoms with Crippen molar-refractivity contribution in [3.63, 3.8) is 0 Å². The lowest BCUT2D eigenvalue weighted by Crippen LogP contribution is -2.54. The maximum atomic E-state index is 13.0. The standard InChI is InChI=1S/C19H18ClN3O4/c1-22-10-12(11-7-8-16(27-2)14(20)9-11)17(23(25)26)19(22)13-5-3-4-6-15(13)21-18(19)24/h3-9,12,17H,10H2,1-2H3,(H,21,24)/t12-,17-,19-/m0/s1. The van der Waals surface area contributed by atoms with Crippen LogP contribution in [0, 0.1) is 10.1 Å². The Kier molecular flexibility index (Phi) is 4.09. The smallest absolute Gasteiger partial charge is 0.256 e. The van der Waals surface area contributed by atoms with Gasteiger partial charge in [-0.05, 0) is 30.8 Å². The Hall–Kier alpha value is -2.64. The number of amides is 1. The van der Waals surface area contributed by atoms with Crippen LogP contribution in [0.1, 0.15) is 17.0 Å². The summed E-state index contributed by atoms with van der Waals surface area (Å²) in [5.41, 5.74) is 0.622. The second-order valence-corrected chi connectivity index (χ2v) is 7.28. The number of nitrogens with one attached hydrogen (secondary N) is 1. The van der Waals surface area contributed by atoms with E-state index in [1.54, 1.807) is 54.4 Å². The molecule has 27 heavy (non-hydrogen) atoms. The van der Waals surface area contributed by atoms with Gasteiger partial charge in [-0.25, -0.2) is 0 Å². The zero-order chi connectivity index (χ0) is 19.3. The van der Waals surface area contributed by atoms with Gasteiger partial charge in [0.15, 0.2) is 5.54 Å². The summed E-state index contributed by atoms with van der Waals surface area (Å²) in [5.74, 6) is -0.358. The van der Waals surface area contributed by atoms with E-state index in [0.717, 1.165) is 0 Å². The molecule has 3 atom stereocenters. The van der Waals surface area contributed by atoms with Gasteiger partial charge in [-0.15, -0.1) is 0 Å². The first-order chi connectivity index (χ1) is 12.9. The molecular weight excluding hydrogens is 370 g/mol. The highest BCUT2D eigenvalue weighted by molar-refractivity contribution is 6.32. The van der Waals surface area contributed by atoms with Gasteiger partial charge in [-0.1, -0.05) is 35.9 Å². The zero-order valence-electron chi connectivity index (χ0n) is 14.8. The molecule has 2 heterocycles. The van der Waals surface area contributed by atoms with Crippen LogP contribution in [0.2, 0.25) is 5.02 Å². The number of para-hydroxylation sites is 1. The molecule has 1 fully saturated rings. The summed E-state index contributed by atoms with van der Waals surface area (Å²) in [7, 11) is 3.27. The number of likely N-dealkylation sites (N-methyl/N-ethyl adjacent to an activating group) is 1. The molecule has 1 saturated heterocycles. The number of hydrogen-bond donors (Lipinski definition) is 1. The molecular formula is C19H18ClN3O4. The van der Waals surface area contributed by atoms with E-state index in [2.05, 4.69) is 5.32 Å². The molecule has 1 amide bonds. The minimum absolute atomic E-state index is 0.339. The number of benzene rings is 2. The maximum absolute atomic E-state index is 13.0. The summed E-state index contributed by atoms with van der Waals surface area (Å²) >= 11 is 6.24. The van der Waals surface area contributed by atoms with Crippen molar-refractivity contribution in [3.8, 4) is 5.75 Å². The molecule has 2 aliphatic rings. The van der Waals surface area contributed by atoms with Crippen molar-refractivity contribution in [1.82, 2.24) is 4.90 Å². The third-order valence-electron chi connectivity index (χ3n) is 5.65. The van der Waals surface area contributed by atoms with E-state index in [4.69, 9.17) is 16.3 Å². The zero-order valence-corrected chi connectivity index (χ0v) is 15.6. The Labute approximate surface area is 161 Å². The number of halogens is 1. The van der Waals surface area contributed by atoms with Crippen LogP contribution < -0.4 is 10.1 Å². The van der Waals surface area contributed by atoms with Crippen molar-refractivity contribution < 1.29 is 14.5 Å². The summed E-state index contributed by atoms with van der Waals surface area (Å²) in [6, 6.07) is 11.2. The van der Waals surface area contributed by atoms with Crippen molar-refractivity contribution in [2.45, 2.75) is 17.5 Å². The molecule has 2 aromatic carbocycles. The second kappa shape index (κ2) is 6.21. The monoisotopic (exact) mass is 387 g/mol. The molecule has 1 spiro atoms. The minimum atomic E-state index is -1.35. The molecule has 0 aliphatic carbocycles. The molecule has 2 aromatic rings. The van der Waals surface area contributed by atoms with Gasteiger partial charge in [-0.2, -0.15) is 0 Å². The lowest BCUT2D eigenvalue weighted by molar-refractivity contribution is -0.534. The number of anilines is 1. The molecule has 140 valence electrons. The molecule has 0 radical (unpaired) electrons. The Bertz CT molecular complexity index is 950. The average Bonchev–Trinajstić information content (AvgIpc) is 3.11. The molecule has 0 aromatic heterocycles. The Morgan fingerprint density at radius 2 is 2.07 bits per heavy atom. The second-order valence-electron chi connectivity index (χ2n) is 6.88. The number of nitro groups is 1. The number of methoxy groups -OCH3 is 1. The highest BCUT2D eigenvalue weighted by Crippen LogP contribution is 2.52. The quantitative estimate of drug-likeness (QED) is 0.646. The van der Waals surface area contributed by atoms with Gasteiger partial charge in [0, 0.05) is 22.7 Å². The van der Waals surface area contributed by atoms with Crippen LogP contribution >= 0.6 is 11.6 Å². The Morgan fingerprint density at radius 3 is 2.74 bits per heavy atom. The first-order valence-corrected chi connectivity index (χ1v) is 8.88. The van der Waals surface area contributed by atoms with Crippen LogP contribution in [-0.4, -0.2) is 42.5 Å². The largest absolute Gasteiger partial charge is 0.495 e. The van der Waals surface area contributed by atoms with Gasteiger partial charge >= 0.3 is 0 Å². The SMILES string of the molecule is COc1ccc([C@@H]2CN(C)[C@]3(C(=O)Nc4ccccc43)[C@H]2[N+](=O)[O-])cc1Cl. The number of nitrogens with zero attached hydrogens (tertiary/aromatic N) is 2. The van der Waals surface area contributed by atoms with Gasteiger partial charge in [0.05, 0.1) is 18.1 Å². The van der Waals surface area contributed by atoms with Crippen LogP contribution in [0.5, 0.6) is 5.75 Å². The van der Waals surface area contributed by atoms with Crippen LogP contribution in [0.15, 0.2) is 42.5 Å². The topological polar surface area (TPSA) is 84.7 Å². The molecule has 2 aliphatic heterocycles. The number of carbonyl (C=O) groups excluding carboxylic acids is 1. The molecule has 1 N–H and O–H groups in total. The Morgan fingerprint density at radius 1 is 1.33 bits per heavy atom. The van der Waals surface area contributed by atoms with Crippen molar-refractivity contribution in [3.05, 3.63) is 68.7 Å². The van der Waals surface area contributed by atoms with E-state index in [0.29, 0.717) is 34.1 Å². The number of carbonyl (C=O) groups is 1. The van der Waals surface area contributed by atoms with Gasteiger partial charge in [0.25, 0.3) is 11.9 Å². The lowest BCUT2D eigenvalue weighted by atomic mass is 9.79. The van der Waals surface area contributed by atoms with Crippen molar-refractivity contribution >= 4 is 23.2 Å². The molecule has 0 unspecified atom stereocenters. The molecule has 7 nitrogen and oxygen atoms in total. The first-order valence-electron chi connectivity index (χ1n) is 8.50. The number of likely N-dealkylation sites (tertiary alicyclic amines) is 1. The van der Waals surface area contributed by atoms with Crippen molar-refractivity contribution in [2.75, 3.05) is 26.0 Å². The van der Waals surface area contributed by atoms with E-state index >= 15 is 0 Å². The fourth-order valence-electron chi connectivity index (χ4n) is 4.49. The predicted octanol–water partition coefficient (Wildman–Crippen LogP) is 2.87. The van der Waals surface area contributed by atoms with E-state index in [1.807, 2.05) is 0 Å². The van der Waals surface area contributed by atoms with E-state index < -0.39 is 17.5 Å². The molecule has 0 bridgehead atoms. The average molecular weight is 388 g/mol. The number of fused-ring (bicyclic) bond motifs is 2. The minimum Gasteiger partial charge on any atom is -0.495 e. The van der Waals surface area contributed by atoms with Gasteiger partial charge < -0.3 is 10.1 Å². The van der Waals surface area contributed by atoms with E-state index in [-0.39, 0.29) is 10.8 Å². The summed E-state index contributed by atoms with van der Waals surface area (Å²) in [4.78, 5) is 26.7. The lowest BCUT2D eigenvalue weighted by Gasteiger charge is -2.30. The van der Waals surface area contributed by atoms with E-state index in [1.165, 1.54) is 7.11 Å². The molecule has 8 heteroatoms. The van der Waals surface area contributed by atoms with Crippen LogP contribution in [0.4, 0.5) is 5.69 Å². The number of rotatable bonds is 3. The fourth-order valence-corrected chi connectivity index (χ4v) is 4.76. The normalized spacial score (nSPS) is 26.9. The third kappa shape index (κ3) is 2.35. The van der Waals surface area contributed by atoms with E-state index in [9.17, 15) is 14.9 Å². The van der Waals surface area contributed by atoms with Gasteiger partial charge in [-0.3, -0.25) is 19.8 Å². The Balaban J connectivity index is 1.87. The number of ether oxygens (including phenoxy) is 1.